The molecule has 0 aliphatic carbocycles. The number of fused-ring (bicyclic) bond motifs is 1. The standard InChI is InChI=1S/C21H20FN5O2.C2HF3O2/c1-26-18-8-10-27(21(29)16-7-2-3-9-23-16)13-17(18)25-19(26)20(28)24-12-14-5-4-6-15(22)11-14;3-2(4,5)1(6)7/h2-7,9,11H,8,10,12-13H2,1H3,(H,24,28);(H,6,7). The van der Waals surface area contributed by atoms with Crippen LogP contribution in [0, 0.1) is 5.82 Å². The Morgan fingerprint density at radius 1 is 1.14 bits per heavy atom. The minimum absolute atomic E-state index is 0.154. The lowest BCUT2D eigenvalue weighted by Crippen LogP contribution is -2.36. The number of aliphatic carboxylic acids is 1. The number of carbonyl (C=O) groups excluding carboxylic acids is 2. The summed E-state index contributed by atoms with van der Waals surface area (Å²) in [4.78, 5) is 44.4. The summed E-state index contributed by atoms with van der Waals surface area (Å²) in [7, 11) is 1.79. The first-order valence-electron chi connectivity index (χ1n) is 10.5. The Bertz CT molecular complexity index is 1260. The van der Waals surface area contributed by atoms with Crippen molar-refractivity contribution in [3.8, 4) is 0 Å². The monoisotopic (exact) mass is 507 g/mol. The predicted octanol–water partition coefficient (Wildman–Crippen LogP) is 2.72. The number of hydrogen-bond acceptors (Lipinski definition) is 5. The normalized spacial score (nSPS) is 12.8. The number of benzene rings is 1. The molecule has 3 aromatic rings. The van der Waals surface area contributed by atoms with Crippen LogP contribution >= 0.6 is 0 Å². The zero-order valence-corrected chi connectivity index (χ0v) is 18.9. The number of halogens is 4. The van der Waals surface area contributed by atoms with Crippen LogP contribution in [-0.2, 0) is 31.4 Å². The van der Waals surface area contributed by atoms with Crippen molar-refractivity contribution in [3.63, 3.8) is 0 Å². The summed E-state index contributed by atoms with van der Waals surface area (Å²) >= 11 is 0. The smallest absolute Gasteiger partial charge is 0.475 e. The Labute approximate surface area is 202 Å². The molecule has 0 saturated heterocycles. The maximum absolute atomic E-state index is 13.3. The number of aromatic nitrogens is 3. The molecule has 2 N–H and O–H groups in total. The van der Waals surface area contributed by atoms with Crippen molar-refractivity contribution in [3.05, 3.63) is 82.9 Å². The molecule has 0 unspecified atom stereocenters. The second-order valence-corrected chi connectivity index (χ2v) is 7.70. The summed E-state index contributed by atoms with van der Waals surface area (Å²) in [6.07, 6.45) is -2.89. The molecule has 13 heteroatoms. The van der Waals surface area contributed by atoms with Crippen molar-refractivity contribution < 1.29 is 37.1 Å². The fourth-order valence-corrected chi connectivity index (χ4v) is 3.46. The minimum Gasteiger partial charge on any atom is -0.475 e. The van der Waals surface area contributed by atoms with Crippen molar-refractivity contribution in [1.29, 1.82) is 0 Å². The van der Waals surface area contributed by atoms with Gasteiger partial charge in [0.15, 0.2) is 5.82 Å². The van der Waals surface area contributed by atoms with E-state index < -0.39 is 12.1 Å². The molecule has 0 spiro atoms. The van der Waals surface area contributed by atoms with Gasteiger partial charge in [-0.25, -0.2) is 14.2 Å². The summed E-state index contributed by atoms with van der Waals surface area (Å²) in [5.74, 6) is -3.32. The third-order valence-electron chi connectivity index (χ3n) is 5.21. The predicted molar refractivity (Wildman–Crippen MR) is 117 cm³/mol. The van der Waals surface area contributed by atoms with E-state index in [9.17, 15) is 27.2 Å². The maximum Gasteiger partial charge on any atom is 0.490 e. The minimum atomic E-state index is -5.08. The number of carboxylic acid groups (broad SMARTS) is 1. The lowest BCUT2D eigenvalue weighted by atomic mass is 10.1. The van der Waals surface area contributed by atoms with Crippen molar-refractivity contribution in [1.82, 2.24) is 24.8 Å². The second kappa shape index (κ2) is 11.0. The van der Waals surface area contributed by atoms with E-state index in [-0.39, 0.29) is 30.0 Å². The lowest BCUT2D eigenvalue weighted by molar-refractivity contribution is -0.192. The number of imidazole rings is 1. The van der Waals surface area contributed by atoms with Gasteiger partial charge in [0.2, 0.25) is 0 Å². The molecule has 0 atom stereocenters. The van der Waals surface area contributed by atoms with E-state index in [1.165, 1.54) is 12.1 Å². The van der Waals surface area contributed by atoms with E-state index in [1.807, 2.05) is 0 Å². The highest BCUT2D eigenvalue weighted by Gasteiger charge is 2.38. The maximum atomic E-state index is 13.3. The first kappa shape index (κ1) is 26.3. The molecule has 1 aromatic carbocycles. The van der Waals surface area contributed by atoms with Crippen LogP contribution in [-0.4, -0.2) is 55.0 Å². The first-order chi connectivity index (χ1) is 17.0. The molecule has 9 nitrogen and oxygen atoms in total. The van der Waals surface area contributed by atoms with Gasteiger partial charge in [-0.3, -0.25) is 14.6 Å². The van der Waals surface area contributed by atoms with Gasteiger partial charge in [0.05, 0.1) is 12.2 Å². The van der Waals surface area contributed by atoms with Crippen LogP contribution in [0.25, 0.3) is 0 Å². The number of nitrogens with zero attached hydrogens (tertiary/aromatic N) is 4. The second-order valence-electron chi connectivity index (χ2n) is 7.70. The average Bonchev–Trinajstić information content (AvgIpc) is 3.18. The number of carboxylic acids is 1. The Morgan fingerprint density at radius 3 is 2.47 bits per heavy atom. The van der Waals surface area contributed by atoms with Crippen molar-refractivity contribution >= 4 is 17.8 Å². The van der Waals surface area contributed by atoms with E-state index in [2.05, 4.69) is 15.3 Å². The number of carbonyl (C=O) groups is 3. The highest BCUT2D eigenvalue weighted by atomic mass is 19.4. The first-order valence-corrected chi connectivity index (χ1v) is 10.5. The highest BCUT2D eigenvalue weighted by molar-refractivity contribution is 5.93. The SMILES string of the molecule is Cn1c(C(=O)NCc2cccc(F)c2)nc2c1CCN(C(=O)c1ccccn1)C2.O=C(O)C(F)(F)F. The Balaban J connectivity index is 0.000000454. The van der Waals surface area contributed by atoms with Gasteiger partial charge < -0.3 is 19.9 Å². The van der Waals surface area contributed by atoms with Gasteiger partial charge >= 0.3 is 12.1 Å². The third kappa shape index (κ3) is 6.43. The summed E-state index contributed by atoms with van der Waals surface area (Å²) < 4.78 is 46.8. The van der Waals surface area contributed by atoms with Crippen LogP contribution in [0.3, 0.4) is 0 Å². The summed E-state index contributed by atoms with van der Waals surface area (Å²) in [6, 6.07) is 11.3. The van der Waals surface area contributed by atoms with Gasteiger partial charge in [0, 0.05) is 38.4 Å². The number of rotatable bonds is 4. The number of amides is 2. The van der Waals surface area contributed by atoms with Gasteiger partial charge in [-0.2, -0.15) is 13.2 Å². The van der Waals surface area contributed by atoms with Gasteiger partial charge in [-0.05, 0) is 29.8 Å². The Kier molecular flexibility index (Phi) is 8.02. The van der Waals surface area contributed by atoms with E-state index >= 15 is 0 Å². The van der Waals surface area contributed by atoms with Crippen molar-refractivity contribution in [2.24, 2.45) is 7.05 Å². The molecule has 3 heterocycles. The molecule has 2 aromatic heterocycles. The largest absolute Gasteiger partial charge is 0.490 e. The molecule has 1 aliphatic heterocycles. The van der Waals surface area contributed by atoms with Crippen LogP contribution in [0.2, 0.25) is 0 Å². The third-order valence-corrected chi connectivity index (χ3v) is 5.21. The highest BCUT2D eigenvalue weighted by Crippen LogP contribution is 2.21. The summed E-state index contributed by atoms with van der Waals surface area (Å²) in [5.41, 5.74) is 2.70. The Hall–Kier alpha value is -4.29. The van der Waals surface area contributed by atoms with E-state index in [0.717, 1.165) is 5.69 Å². The zero-order chi connectivity index (χ0) is 26.5. The molecule has 190 valence electrons. The molecule has 0 fully saturated rings. The molecule has 0 saturated carbocycles. The summed E-state index contributed by atoms with van der Waals surface area (Å²) in [6.45, 7) is 1.07. The Morgan fingerprint density at radius 2 is 1.86 bits per heavy atom. The number of nitrogens with one attached hydrogen (secondary N) is 1. The lowest BCUT2D eigenvalue weighted by Gasteiger charge is -2.26. The molecule has 1 aliphatic rings. The molecular formula is C23H21F4N5O4. The average molecular weight is 507 g/mol. The van der Waals surface area contributed by atoms with Gasteiger partial charge in [0.1, 0.15) is 11.5 Å². The quantitative estimate of drug-likeness (QED) is 0.525. The summed E-state index contributed by atoms with van der Waals surface area (Å²) in [5, 5.41) is 9.90. The van der Waals surface area contributed by atoms with Gasteiger partial charge in [-0.1, -0.05) is 18.2 Å². The molecule has 0 bridgehead atoms. The molecule has 2 amide bonds. The van der Waals surface area contributed by atoms with E-state index in [0.29, 0.717) is 36.5 Å². The van der Waals surface area contributed by atoms with Crippen LogP contribution in [0.15, 0.2) is 48.7 Å². The van der Waals surface area contributed by atoms with Crippen molar-refractivity contribution in [2.45, 2.75) is 25.7 Å². The fourth-order valence-electron chi connectivity index (χ4n) is 3.46. The fraction of sp³-hybridized carbons (Fsp3) is 0.261. The number of pyridine rings is 1. The molecule has 0 radical (unpaired) electrons. The van der Waals surface area contributed by atoms with E-state index in [4.69, 9.17) is 9.90 Å². The van der Waals surface area contributed by atoms with Crippen LogP contribution < -0.4 is 5.32 Å². The van der Waals surface area contributed by atoms with Gasteiger partial charge in [-0.15, -0.1) is 0 Å². The number of hydrogen-bond donors (Lipinski definition) is 2. The van der Waals surface area contributed by atoms with Crippen LogP contribution in [0.4, 0.5) is 17.6 Å². The van der Waals surface area contributed by atoms with E-state index in [1.54, 1.807) is 53.0 Å². The number of alkyl halides is 3. The van der Waals surface area contributed by atoms with Crippen LogP contribution in [0.5, 0.6) is 0 Å². The zero-order valence-electron chi connectivity index (χ0n) is 18.9. The van der Waals surface area contributed by atoms with Crippen molar-refractivity contribution in [2.75, 3.05) is 6.54 Å². The van der Waals surface area contributed by atoms with Crippen LogP contribution in [0.1, 0.15) is 38.1 Å². The van der Waals surface area contributed by atoms with Gasteiger partial charge in [0.25, 0.3) is 11.8 Å². The topological polar surface area (TPSA) is 117 Å². The molecule has 36 heavy (non-hydrogen) atoms. The molecular weight excluding hydrogens is 486 g/mol. The molecule has 4 rings (SSSR count).